The van der Waals surface area contributed by atoms with E-state index in [0.29, 0.717) is 0 Å². The highest BCUT2D eigenvalue weighted by molar-refractivity contribution is 5.82. The second kappa shape index (κ2) is 7.12. The lowest BCUT2D eigenvalue weighted by Gasteiger charge is -2.16. The van der Waals surface area contributed by atoms with E-state index in [-0.39, 0.29) is 17.9 Å². The van der Waals surface area contributed by atoms with Crippen LogP contribution in [0.15, 0.2) is 54.6 Å². The number of ether oxygens (including phenoxy) is 1. The van der Waals surface area contributed by atoms with Crippen LogP contribution in [0.2, 0.25) is 0 Å². The third kappa shape index (κ3) is 3.99. The molecular weight excluding hydrogens is 286 g/mol. The zero-order chi connectivity index (χ0) is 15.9. The lowest BCUT2D eigenvalue weighted by atomic mass is 10.1. The van der Waals surface area contributed by atoms with Crippen molar-refractivity contribution in [3.05, 3.63) is 65.7 Å². The highest BCUT2D eigenvalue weighted by Crippen LogP contribution is 2.23. The van der Waals surface area contributed by atoms with Gasteiger partial charge >= 0.3 is 12.1 Å². The van der Waals surface area contributed by atoms with Crippen LogP contribution in [0.4, 0.5) is 4.79 Å². The summed E-state index contributed by atoms with van der Waals surface area (Å²) in [7, 11) is 0. The van der Waals surface area contributed by atoms with E-state index in [9.17, 15) is 19.8 Å². The largest absolute Gasteiger partial charge is 0.508 e. The number of benzene rings is 2. The molecule has 6 heteroatoms. The Kier molecular flexibility index (Phi) is 4.98. The molecular formula is C16H15NO5. The monoisotopic (exact) mass is 301 g/mol. The molecule has 0 aliphatic rings. The Morgan fingerprint density at radius 3 is 2.32 bits per heavy atom. The number of phenols is 1. The molecule has 114 valence electrons. The number of aromatic hydroxyl groups is 1. The molecule has 0 aromatic heterocycles. The Labute approximate surface area is 127 Å². The molecule has 0 aliphatic heterocycles. The number of carbonyl (C=O) groups excluding carboxylic acids is 1. The summed E-state index contributed by atoms with van der Waals surface area (Å²) < 4.78 is 4.98. The van der Waals surface area contributed by atoms with Crippen LogP contribution >= 0.6 is 0 Å². The molecule has 2 aromatic rings. The third-order valence-electron chi connectivity index (χ3n) is 2.97. The van der Waals surface area contributed by atoms with Crippen LogP contribution < -0.4 is 5.32 Å². The zero-order valence-electron chi connectivity index (χ0n) is 11.6. The fourth-order valence-corrected chi connectivity index (χ4v) is 1.89. The molecule has 0 radical (unpaired) electrons. The number of hydrogen-bond donors (Lipinski definition) is 3. The van der Waals surface area contributed by atoms with Gasteiger partial charge in [-0.15, -0.1) is 0 Å². The van der Waals surface area contributed by atoms with Crippen LogP contribution in [0.3, 0.4) is 0 Å². The van der Waals surface area contributed by atoms with Crippen molar-refractivity contribution in [3.8, 4) is 5.75 Å². The molecule has 22 heavy (non-hydrogen) atoms. The van der Waals surface area contributed by atoms with E-state index in [1.165, 1.54) is 12.1 Å². The fraction of sp³-hybridized carbons (Fsp3) is 0.125. The van der Waals surface area contributed by atoms with Gasteiger partial charge in [0.1, 0.15) is 12.4 Å². The first kappa shape index (κ1) is 15.4. The summed E-state index contributed by atoms with van der Waals surface area (Å²) in [5, 5.41) is 21.1. The summed E-state index contributed by atoms with van der Waals surface area (Å²) in [4.78, 5) is 23.0. The topological polar surface area (TPSA) is 95.9 Å². The molecule has 1 unspecified atom stereocenters. The van der Waals surface area contributed by atoms with E-state index >= 15 is 0 Å². The summed E-state index contributed by atoms with van der Waals surface area (Å²) in [6.07, 6.45) is -0.875. The average molecular weight is 301 g/mol. The number of rotatable bonds is 5. The molecule has 0 fully saturated rings. The first-order valence-corrected chi connectivity index (χ1v) is 6.56. The Morgan fingerprint density at radius 2 is 1.68 bits per heavy atom. The maximum Gasteiger partial charge on any atom is 0.408 e. The number of amides is 1. The van der Waals surface area contributed by atoms with E-state index in [1.807, 2.05) is 6.07 Å². The van der Waals surface area contributed by atoms with Gasteiger partial charge in [0.2, 0.25) is 0 Å². The highest BCUT2D eigenvalue weighted by atomic mass is 16.5. The van der Waals surface area contributed by atoms with Crippen molar-refractivity contribution in [2.75, 3.05) is 0 Å². The standard InChI is InChI=1S/C16H15NO5/c18-13-9-5-4-8-12(13)14(15(19)20)17-16(21)22-10-11-6-2-1-3-7-11/h1-9,14,18H,10H2,(H,17,21)(H,19,20). The van der Waals surface area contributed by atoms with Gasteiger partial charge in [-0.1, -0.05) is 48.5 Å². The summed E-state index contributed by atoms with van der Waals surface area (Å²) >= 11 is 0. The summed E-state index contributed by atoms with van der Waals surface area (Å²) in [6.45, 7) is 0.0276. The highest BCUT2D eigenvalue weighted by Gasteiger charge is 2.25. The van der Waals surface area contributed by atoms with Crippen LogP contribution in [0.1, 0.15) is 17.2 Å². The molecule has 2 aromatic carbocycles. The van der Waals surface area contributed by atoms with Crippen LogP contribution in [-0.2, 0) is 16.1 Å². The van der Waals surface area contributed by atoms with Crippen molar-refractivity contribution in [3.63, 3.8) is 0 Å². The SMILES string of the molecule is O=C(NC(C(=O)O)c1ccccc1O)OCc1ccccc1. The summed E-state index contributed by atoms with van der Waals surface area (Å²) in [6, 6.07) is 13.5. The molecule has 0 saturated heterocycles. The maximum absolute atomic E-state index is 11.7. The van der Waals surface area contributed by atoms with E-state index in [1.54, 1.807) is 36.4 Å². The van der Waals surface area contributed by atoms with Crippen molar-refractivity contribution in [2.45, 2.75) is 12.6 Å². The number of para-hydroxylation sites is 1. The maximum atomic E-state index is 11.7. The number of nitrogens with one attached hydrogen (secondary N) is 1. The molecule has 3 N–H and O–H groups in total. The molecule has 2 rings (SSSR count). The first-order valence-electron chi connectivity index (χ1n) is 6.56. The predicted molar refractivity (Wildman–Crippen MR) is 78.2 cm³/mol. The van der Waals surface area contributed by atoms with Gasteiger partial charge in [0, 0.05) is 5.56 Å². The van der Waals surface area contributed by atoms with Crippen molar-refractivity contribution in [1.82, 2.24) is 5.32 Å². The lowest BCUT2D eigenvalue weighted by Crippen LogP contribution is -2.34. The average Bonchev–Trinajstić information content (AvgIpc) is 2.52. The van der Waals surface area contributed by atoms with Crippen molar-refractivity contribution in [1.29, 1.82) is 0 Å². The van der Waals surface area contributed by atoms with Gasteiger partial charge in [0.15, 0.2) is 6.04 Å². The number of aliphatic carboxylic acids is 1. The number of carboxylic acid groups (broad SMARTS) is 1. The van der Waals surface area contributed by atoms with E-state index in [2.05, 4.69) is 5.32 Å². The van der Waals surface area contributed by atoms with Crippen molar-refractivity contribution in [2.24, 2.45) is 0 Å². The van der Waals surface area contributed by atoms with E-state index in [4.69, 9.17) is 4.74 Å². The molecule has 1 amide bonds. The van der Waals surface area contributed by atoms with Gasteiger partial charge in [-0.3, -0.25) is 0 Å². The minimum absolute atomic E-state index is 0.0276. The Bertz CT molecular complexity index is 657. The third-order valence-corrected chi connectivity index (χ3v) is 2.97. The van der Waals surface area contributed by atoms with Crippen LogP contribution in [0, 0.1) is 0 Å². The Morgan fingerprint density at radius 1 is 1.05 bits per heavy atom. The number of carbonyl (C=O) groups is 2. The number of phenolic OH excluding ortho intramolecular Hbond substituents is 1. The summed E-state index contributed by atoms with van der Waals surface area (Å²) in [5.74, 6) is -1.50. The second-order valence-electron chi connectivity index (χ2n) is 4.54. The molecule has 1 atom stereocenters. The molecule has 6 nitrogen and oxygen atoms in total. The molecule has 0 heterocycles. The molecule has 0 bridgehead atoms. The Balaban J connectivity index is 2.01. The molecule has 0 saturated carbocycles. The van der Waals surface area contributed by atoms with Gasteiger partial charge in [-0.2, -0.15) is 0 Å². The van der Waals surface area contributed by atoms with Crippen LogP contribution in [0.25, 0.3) is 0 Å². The molecule has 0 aliphatic carbocycles. The second-order valence-corrected chi connectivity index (χ2v) is 4.54. The number of alkyl carbamates (subject to hydrolysis) is 1. The number of carboxylic acids is 1. The minimum atomic E-state index is -1.38. The van der Waals surface area contributed by atoms with Gasteiger partial charge in [0.25, 0.3) is 0 Å². The van der Waals surface area contributed by atoms with Crippen LogP contribution in [0.5, 0.6) is 5.75 Å². The van der Waals surface area contributed by atoms with Gasteiger partial charge < -0.3 is 20.3 Å². The normalized spacial score (nSPS) is 11.5. The Hall–Kier alpha value is -3.02. The molecule has 0 spiro atoms. The van der Waals surface area contributed by atoms with Gasteiger partial charge in [0.05, 0.1) is 0 Å². The predicted octanol–water partition coefficient (Wildman–Crippen LogP) is 2.44. The zero-order valence-corrected chi connectivity index (χ0v) is 11.6. The minimum Gasteiger partial charge on any atom is -0.508 e. The van der Waals surface area contributed by atoms with Gasteiger partial charge in [-0.25, -0.2) is 9.59 Å². The smallest absolute Gasteiger partial charge is 0.408 e. The van der Waals surface area contributed by atoms with Crippen LogP contribution in [-0.4, -0.2) is 22.3 Å². The lowest BCUT2D eigenvalue weighted by molar-refractivity contribution is -0.139. The number of hydrogen-bond acceptors (Lipinski definition) is 4. The first-order chi connectivity index (χ1) is 10.6. The summed E-state index contributed by atoms with van der Waals surface area (Å²) in [5.41, 5.74) is 0.874. The van der Waals surface area contributed by atoms with Crippen molar-refractivity contribution >= 4 is 12.1 Å². The fourth-order valence-electron chi connectivity index (χ4n) is 1.89. The quantitative estimate of drug-likeness (QED) is 0.788. The van der Waals surface area contributed by atoms with Crippen molar-refractivity contribution < 1.29 is 24.5 Å². The van der Waals surface area contributed by atoms with E-state index in [0.717, 1.165) is 5.56 Å². The van der Waals surface area contributed by atoms with E-state index < -0.39 is 18.1 Å². The van der Waals surface area contributed by atoms with Gasteiger partial charge in [-0.05, 0) is 11.6 Å².